The van der Waals surface area contributed by atoms with E-state index in [1.165, 1.54) is 6.92 Å². The van der Waals surface area contributed by atoms with Crippen molar-refractivity contribution in [1.82, 2.24) is 19.4 Å². The zero-order valence-electron chi connectivity index (χ0n) is 18.9. The van der Waals surface area contributed by atoms with E-state index in [4.69, 9.17) is 0 Å². The molecule has 2 amide bonds. The SMILES string of the molecule is CC(=O)Nc1ccc(NC(=O)CN2CCN(CCn3ccnc3-c3ccccc3)CC2)cc1. The van der Waals surface area contributed by atoms with Crippen LogP contribution in [0.25, 0.3) is 11.4 Å². The maximum atomic E-state index is 12.4. The first kappa shape index (κ1) is 22.7. The van der Waals surface area contributed by atoms with E-state index in [-0.39, 0.29) is 11.8 Å². The molecule has 0 bridgehead atoms. The quantitative estimate of drug-likeness (QED) is 0.556. The lowest BCUT2D eigenvalue weighted by molar-refractivity contribution is -0.117. The highest BCUT2D eigenvalue weighted by Crippen LogP contribution is 2.17. The topological polar surface area (TPSA) is 82.5 Å². The number of aromatic nitrogens is 2. The van der Waals surface area contributed by atoms with Gasteiger partial charge >= 0.3 is 0 Å². The van der Waals surface area contributed by atoms with Crippen LogP contribution in [0.2, 0.25) is 0 Å². The molecule has 1 aliphatic rings. The van der Waals surface area contributed by atoms with E-state index in [2.05, 4.69) is 42.1 Å². The second-order valence-electron chi connectivity index (χ2n) is 8.23. The van der Waals surface area contributed by atoms with Crippen molar-refractivity contribution in [2.75, 3.05) is 49.9 Å². The van der Waals surface area contributed by atoms with E-state index < -0.39 is 0 Å². The van der Waals surface area contributed by atoms with Gasteiger partial charge in [0.1, 0.15) is 5.82 Å². The molecule has 4 rings (SSSR count). The fourth-order valence-corrected chi connectivity index (χ4v) is 4.00. The van der Waals surface area contributed by atoms with Crippen molar-refractivity contribution in [2.24, 2.45) is 0 Å². The number of piperazine rings is 1. The summed E-state index contributed by atoms with van der Waals surface area (Å²) in [5.41, 5.74) is 2.56. The average molecular weight is 447 g/mol. The van der Waals surface area contributed by atoms with Crippen LogP contribution in [0.5, 0.6) is 0 Å². The Bertz CT molecular complexity index is 1060. The van der Waals surface area contributed by atoms with Crippen LogP contribution in [0.4, 0.5) is 11.4 Å². The van der Waals surface area contributed by atoms with Crippen molar-refractivity contribution >= 4 is 23.2 Å². The summed E-state index contributed by atoms with van der Waals surface area (Å²) in [6.07, 6.45) is 3.89. The zero-order valence-corrected chi connectivity index (χ0v) is 18.9. The molecule has 8 heteroatoms. The Morgan fingerprint density at radius 3 is 2.15 bits per heavy atom. The lowest BCUT2D eigenvalue weighted by Gasteiger charge is -2.34. The Labute approximate surface area is 194 Å². The molecule has 0 unspecified atom stereocenters. The summed E-state index contributed by atoms with van der Waals surface area (Å²) in [6.45, 7) is 7.29. The van der Waals surface area contributed by atoms with Gasteiger partial charge in [-0.05, 0) is 24.3 Å². The van der Waals surface area contributed by atoms with E-state index in [0.29, 0.717) is 12.2 Å². The molecule has 3 aromatic rings. The van der Waals surface area contributed by atoms with Crippen LogP contribution in [-0.4, -0.2) is 70.4 Å². The van der Waals surface area contributed by atoms with Gasteiger partial charge in [0.05, 0.1) is 6.54 Å². The van der Waals surface area contributed by atoms with Crippen LogP contribution in [-0.2, 0) is 16.1 Å². The van der Waals surface area contributed by atoms with E-state index in [1.54, 1.807) is 24.3 Å². The maximum absolute atomic E-state index is 12.4. The van der Waals surface area contributed by atoms with E-state index in [0.717, 1.165) is 56.3 Å². The first-order valence-corrected chi connectivity index (χ1v) is 11.3. The number of carbonyl (C=O) groups is 2. The first-order valence-electron chi connectivity index (χ1n) is 11.3. The molecule has 2 heterocycles. The average Bonchev–Trinajstić information content (AvgIpc) is 3.29. The van der Waals surface area contributed by atoms with Gasteiger partial charge in [-0.15, -0.1) is 0 Å². The van der Waals surface area contributed by atoms with E-state index in [9.17, 15) is 9.59 Å². The molecule has 172 valence electrons. The van der Waals surface area contributed by atoms with Crippen molar-refractivity contribution in [3.8, 4) is 11.4 Å². The minimum Gasteiger partial charge on any atom is -0.330 e. The number of nitrogens with one attached hydrogen (secondary N) is 2. The van der Waals surface area contributed by atoms with Crippen LogP contribution in [0.1, 0.15) is 6.92 Å². The van der Waals surface area contributed by atoms with Crippen molar-refractivity contribution in [3.05, 3.63) is 67.0 Å². The highest BCUT2D eigenvalue weighted by Gasteiger charge is 2.19. The molecule has 1 fully saturated rings. The van der Waals surface area contributed by atoms with Gasteiger partial charge in [-0.2, -0.15) is 0 Å². The molecule has 2 aromatic carbocycles. The molecule has 8 nitrogen and oxygen atoms in total. The van der Waals surface area contributed by atoms with Gasteiger partial charge < -0.3 is 15.2 Å². The zero-order chi connectivity index (χ0) is 23.0. The third kappa shape index (κ3) is 6.50. The second kappa shape index (κ2) is 10.9. The van der Waals surface area contributed by atoms with Gasteiger partial charge in [-0.25, -0.2) is 4.98 Å². The first-order chi connectivity index (χ1) is 16.1. The van der Waals surface area contributed by atoms with Crippen LogP contribution in [0.15, 0.2) is 67.0 Å². The Hall–Kier alpha value is -3.49. The summed E-state index contributed by atoms with van der Waals surface area (Å²) in [4.78, 5) is 32.7. The number of benzene rings is 2. The molecule has 2 N–H and O–H groups in total. The largest absolute Gasteiger partial charge is 0.330 e. The minimum absolute atomic E-state index is 0.0263. The van der Waals surface area contributed by atoms with Crippen LogP contribution in [0.3, 0.4) is 0 Å². The molecular weight excluding hydrogens is 416 g/mol. The number of amides is 2. The van der Waals surface area contributed by atoms with Gasteiger partial charge in [-0.1, -0.05) is 30.3 Å². The van der Waals surface area contributed by atoms with E-state index >= 15 is 0 Å². The summed E-state index contributed by atoms with van der Waals surface area (Å²) in [5, 5.41) is 5.65. The predicted molar refractivity (Wildman–Crippen MR) is 130 cm³/mol. The molecule has 0 radical (unpaired) electrons. The number of carbonyl (C=O) groups excluding carboxylic acids is 2. The van der Waals surface area contributed by atoms with Gasteiger partial charge in [0, 0.05) is 75.5 Å². The molecule has 0 spiro atoms. The lowest BCUT2D eigenvalue weighted by Crippen LogP contribution is -2.49. The highest BCUT2D eigenvalue weighted by atomic mass is 16.2. The van der Waals surface area contributed by atoms with E-state index in [1.807, 2.05) is 30.6 Å². The molecule has 1 saturated heterocycles. The van der Waals surface area contributed by atoms with Crippen LogP contribution >= 0.6 is 0 Å². The van der Waals surface area contributed by atoms with Gasteiger partial charge in [0.2, 0.25) is 11.8 Å². The Morgan fingerprint density at radius 2 is 1.48 bits per heavy atom. The van der Waals surface area contributed by atoms with Crippen molar-refractivity contribution < 1.29 is 9.59 Å². The van der Waals surface area contributed by atoms with Crippen molar-refractivity contribution in [3.63, 3.8) is 0 Å². The Balaban J connectivity index is 1.19. The summed E-state index contributed by atoms with van der Waals surface area (Å²) in [7, 11) is 0. The molecule has 1 aliphatic heterocycles. The third-order valence-electron chi connectivity index (χ3n) is 5.73. The Kier molecular flexibility index (Phi) is 7.49. The molecule has 0 atom stereocenters. The molecule has 33 heavy (non-hydrogen) atoms. The second-order valence-corrected chi connectivity index (χ2v) is 8.23. The van der Waals surface area contributed by atoms with Gasteiger partial charge in [0.15, 0.2) is 0 Å². The summed E-state index contributed by atoms with van der Waals surface area (Å²) < 4.78 is 2.20. The van der Waals surface area contributed by atoms with Gasteiger partial charge in [0.25, 0.3) is 0 Å². The number of hydrogen-bond acceptors (Lipinski definition) is 5. The normalized spacial score (nSPS) is 14.7. The van der Waals surface area contributed by atoms with Crippen LogP contribution in [0, 0.1) is 0 Å². The molecular formula is C25H30N6O2. The maximum Gasteiger partial charge on any atom is 0.238 e. The smallest absolute Gasteiger partial charge is 0.238 e. The van der Waals surface area contributed by atoms with Gasteiger partial charge in [-0.3, -0.25) is 19.4 Å². The van der Waals surface area contributed by atoms with Crippen molar-refractivity contribution in [2.45, 2.75) is 13.5 Å². The summed E-state index contributed by atoms with van der Waals surface area (Å²) in [5.74, 6) is 0.852. The third-order valence-corrected chi connectivity index (χ3v) is 5.73. The summed E-state index contributed by atoms with van der Waals surface area (Å²) >= 11 is 0. The summed E-state index contributed by atoms with van der Waals surface area (Å²) in [6, 6.07) is 17.4. The van der Waals surface area contributed by atoms with Crippen LogP contribution < -0.4 is 10.6 Å². The fourth-order valence-electron chi connectivity index (χ4n) is 4.00. The molecule has 1 aromatic heterocycles. The highest BCUT2D eigenvalue weighted by molar-refractivity contribution is 5.93. The molecule has 0 aliphatic carbocycles. The number of rotatable bonds is 8. The minimum atomic E-state index is -0.118. The molecule has 0 saturated carbocycles. The number of nitrogens with zero attached hydrogens (tertiary/aromatic N) is 4. The standard InChI is InChI=1S/C25H30N6O2/c1-20(32)27-22-7-9-23(10-8-22)28-24(33)19-30-15-13-29(14-16-30)17-18-31-12-11-26-25(31)21-5-3-2-4-6-21/h2-12H,13-19H2,1H3,(H,27,32)(H,28,33). The monoisotopic (exact) mass is 446 g/mol. The number of imidazole rings is 1. The number of hydrogen-bond donors (Lipinski definition) is 2. The van der Waals surface area contributed by atoms with Crippen molar-refractivity contribution in [1.29, 1.82) is 0 Å². The lowest BCUT2D eigenvalue weighted by atomic mass is 10.2. The predicted octanol–water partition coefficient (Wildman–Crippen LogP) is 2.76. The fraction of sp³-hybridized carbons (Fsp3) is 0.320. The Morgan fingerprint density at radius 1 is 0.848 bits per heavy atom. The number of anilines is 2.